The molecule has 0 spiro atoms. The Kier molecular flexibility index (Phi) is 4.14. The van der Waals surface area contributed by atoms with Crippen LogP contribution in [-0.4, -0.2) is 30.1 Å². The summed E-state index contributed by atoms with van der Waals surface area (Å²) in [4.78, 5) is 12.1. The quantitative estimate of drug-likeness (QED) is 0.809. The predicted molar refractivity (Wildman–Crippen MR) is 85.3 cm³/mol. The summed E-state index contributed by atoms with van der Waals surface area (Å²) < 4.78 is 12.3. The summed E-state index contributed by atoms with van der Waals surface area (Å²) in [7, 11) is 1.55. The van der Waals surface area contributed by atoms with Crippen LogP contribution in [0.2, 0.25) is 0 Å². The van der Waals surface area contributed by atoms with Gasteiger partial charge in [0.05, 0.1) is 12.7 Å². The first kappa shape index (κ1) is 14.9. The minimum atomic E-state index is -0.285. The molecule has 1 amide bonds. The zero-order valence-corrected chi connectivity index (χ0v) is 12.8. The second-order valence-corrected chi connectivity index (χ2v) is 5.10. The molecular formula is C17H18N3O3+. The summed E-state index contributed by atoms with van der Waals surface area (Å²) in [5, 5.41) is 0. The van der Waals surface area contributed by atoms with Crippen molar-refractivity contribution in [1.82, 2.24) is 5.43 Å². The molecule has 0 saturated heterocycles. The number of nitrogens with two attached hydrogens (primary N) is 1. The van der Waals surface area contributed by atoms with E-state index in [0.717, 1.165) is 11.1 Å². The number of ether oxygens (including phenoxy) is 2. The first-order valence-electron chi connectivity index (χ1n) is 7.22. The van der Waals surface area contributed by atoms with E-state index in [4.69, 9.17) is 15.2 Å². The molecule has 0 radical (unpaired) electrons. The maximum atomic E-state index is 12.1. The first-order valence-corrected chi connectivity index (χ1v) is 7.22. The SMILES string of the molecule is COc1ccccc1OCC(=O)N[N+]1=C(N)c2ccccc2C1. The number of hydrogen-bond acceptors (Lipinski definition) is 4. The molecule has 2 aromatic rings. The van der Waals surface area contributed by atoms with E-state index >= 15 is 0 Å². The summed E-state index contributed by atoms with van der Waals surface area (Å²) in [5.41, 5.74) is 10.8. The van der Waals surface area contributed by atoms with Crippen LogP contribution in [0.4, 0.5) is 0 Å². The van der Waals surface area contributed by atoms with Crippen LogP contribution in [0.3, 0.4) is 0 Å². The minimum Gasteiger partial charge on any atom is -0.493 e. The van der Waals surface area contributed by atoms with Crippen molar-refractivity contribution in [2.45, 2.75) is 6.54 Å². The molecule has 2 aromatic carbocycles. The molecule has 0 unspecified atom stereocenters. The third-order valence-electron chi connectivity index (χ3n) is 3.60. The van der Waals surface area contributed by atoms with Crippen molar-refractivity contribution in [3.05, 3.63) is 59.7 Å². The number of hydrazone groups is 1. The van der Waals surface area contributed by atoms with E-state index in [0.29, 0.717) is 23.9 Å². The van der Waals surface area contributed by atoms with E-state index in [2.05, 4.69) is 5.43 Å². The number of amides is 1. The first-order chi connectivity index (χ1) is 11.2. The molecule has 1 aliphatic rings. The Balaban J connectivity index is 1.62. The largest absolute Gasteiger partial charge is 0.493 e. The molecule has 0 bridgehead atoms. The fraction of sp³-hybridized carbons (Fsp3) is 0.176. The third kappa shape index (κ3) is 3.11. The number of carbonyl (C=O) groups is 1. The molecule has 118 valence electrons. The van der Waals surface area contributed by atoms with Gasteiger partial charge in [-0.3, -0.25) is 10.5 Å². The van der Waals surface area contributed by atoms with Gasteiger partial charge in [-0.2, -0.15) is 10.1 Å². The molecule has 6 nitrogen and oxygen atoms in total. The van der Waals surface area contributed by atoms with Crippen molar-refractivity contribution in [3.8, 4) is 11.5 Å². The van der Waals surface area contributed by atoms with Gasteiger partial charge in [0.1, 0.15) is 6.54 Å². The molecule has 6 heteroatoms. The number of methoxy groups -OCH3 is 1. The fourth-order valence-electron chi connectivity index (χ4n) is 2.47. The van der Waals surface area contributed by atoms with E-state index < -0.39 is 0 Å². The highest BCUT2D eigenvalue weighted by atomic mass is 16.5. The van der Waals surface area contributed by atoms with Crippen LogP contribution >= 0.6 is 0 Å². The molecule has 3 rings (SSSR count). The Morgan fingerprint density at radius 1 is 1.17 bits per heavy atom. The zero-order valence-electron chi connectivity index (χ0n) is 12.8. The average molecular weight is 312 g/mol. The summed E-state index contributed by atoms with van der Waals surface area (Å²) >= 11 is 0. The van der Waals surface area contributed by atoms with Crippen molar-refractivity contribution in [3.63, 3.8) is 0 Å². The van der Waals surface area contributed by atoms with E-state index in [-0.39, 0.29) is 12.5 Å². The monoisotopic (exact) mass is 312 g/mol. The number of hydrazine groups is 1. The van der Waals surface area contributed by atoms with Crippen LogP contribution in [0.5, 0.6) is 11.5 Å². The maximum Gasteiger partial charge on any atom is 0.299 e. The normalized spacial score (nSPS) is 12.7. The highest BCUT2D eigenvalue weighted by Crippen LogP contribution is 2.25. The van der Waals surface area contributed by atoms with Crippen molar-refractivity contribution >= 4 is 11.7 Å². The van der Waals surface area contributed by atoms with Crippen LogP contribution in [0.1, 0.15) is 11.1 Å². The molecule has 1 aliphatic heterocycles. The van der Waals surface area contributed by atoms with Gasteiger partial charge < -0.3 is 9.47 Å². The van der Waals surface area contributed by atoms with E-state index in [1.807, 2.05) is 36.4 Å². The standard InChI is InChI=1S/C17H17N3O3/c1-22-14-8-4-5-9-15(14)23-11-16(21)19-20-10-12-6-2-3-7-13(12)17(20)18/h2-9,18H,10-11H2,1H3,(H,19,21)/p+1. The van der Waals surface area contributed by atoms with Crippen LogP contribution in [-0.2, 0) is 11.3 Å². The number of fused-ring (bicyclic) bond motifs is 1. The highest BCUT2D eigenvalue weighted by molar-refractivity contribution is 5.96. The van der Waals surface area contributed by atoms with Crippen LogP contribution < -0.4 is 20.6 Å². The van der Waals surface area contributed by atoms with E-state index in [1.54, 1.807) is 23.9 Å². The van der Waals surface area contributed by atoms with Crippen molar-refractivity contribution in [2.75, 3.05) is 13.7 Å². The Labute approximate surface area is 134 Å². The summed E-state index contributed by atoms with van der Waals surface area (Å²) in [5.74, 6) is 1.35. The molecule has 0 aromatic heterocycles. The smallest absolute Gasteiger partial charge is 0.299 e. The zero-order chi connectivity index (χ0) is 16.2. The number of hydrogen-bond donors (Lipinski definition) is 2. The summed E-state index contributed by atoms with van der Waals surface area (Å²) in [6, 6.07) is 15.0. The van der Waals surface area contributed by atoms with Gasteiger partial charge in [-0.05, 0) is 18.2 Å². The fourth-order valence-corrected chi connectivity index (χ4v) is 2.47. The second kappa shape index (κ2) is 6.39. The lowest BCUT2D eigenvalue weighted by Crippen LogP contribution is -2.40. The van der Waals surface area contributed by atoms with Crippen LogP contribution in [0, 0.1) is 0 Å². The molecule has 23 heavy (non-hydrogen) atoms. The number of benzene rings is 2. The molecule has 0 atom stereocenters. The average Bonchev–Trinajstić information content (AvgIpc) is 2.89. The number of para-hydroxylation sites is 2. The maximum absolute atomic E-state index is 12.1. The lowest BCUT2D eigenvalue weighted by Gasteiger charge is -2.10. The van der Waals surface area contributed by atoms with Gasteiger partial charge in [-0.25, -0.2) is 0 Å². The number of nitrogens with zero attached hydrogens (tertiary/aromatic N) is 1. The lowest BCUT2D eigenvalue weighted by atomic mass is 10.1. The highest BCUT2D eigenvalue weighted by Gasteiger charge is 2.25. The molecule has 0 saturated carbocycles. The van der Waals surface area contributed by atoms with Gasteiger partial charge in [0.25, 0.3) is 11.7 Å². The van der Waals surface area contributed by atoms with Crippen LogP contribution in [0.15, 0.2) is 48.5 Å². The molecule has 1 heterocycles. The predicted octanol–water partition coefficient (Wildman–Crippen LogP) is 1.04. The van der Waals surface area contributed by atoms with Gasteiger partial charge >= 0.3 is 0 Å². The van der Waals surface area contributed by atoms with Crippen LogP contribution in [0.25, 0.3) is 0 Å². The van der Waals surface area contributed by atoms with E-state index in [1.165, 1.54) is 0 Å². The van der Waals surface area contributed by atoms with Crippen molar-refractivity contribution < 1.29 is 19.0 Å². The topological polar surface area (TPSA) is 76.6 Å². The molecule has 0 aliphatic carbocycles. The van der Waals surface area contributed by atoms with Crippen molar-refractivity contribution in [1.29, 1.82) is 0 Å². The van der Waals surface area contributed by atoms with Gasteiger partial charge in [0.15, 0.2) is 18.1 Å². The summed E-state index contributed by atoms with van der Waals surface area (Å²) in [6.45, 7) is 0.420. The minimum absolute atomic E-state index is 0.125. The van der Waals surface area contributed by atoms with Gasteiger partial charge in [-0.1, -0.05) is 30.3 Å². The molecular weight excluding hydrogens is 294 g/mol. The molecule has 3 N–H and O–H groups in total. The summed E-state index contributed by atoms with van der Waals surface area (Å²) in [6.07, 6.45) is 0. The van der Waals surface area contributed by atoms with Gasteiger partial charge in [-0.15, -0.1) is 0 Å². The number of nitrogens with one attached hydrogen (secondary N) is 1. The van der Waals surface area contributed by atoms with Gasteiger partial charge in [0.2, 0.25) is 0 Å². The van der Waals surface area contributed by atoms with Crippen molar-refractivity contribution in [2.24, 2.45) is 5.73 Å². The molecule has 0 fully saturated rings. The Bertz CT molecular complexity index is 771. The number of carbonyl (C=O) groups excluding carboxylic acids is 1. The number of amidine groups is 1. The lowest BCUT2D eigenvalue weighted by molar-refractivity contribution is -0.586. The Hall–Kier alpha value is -3.02. The Morgan fingerprint density at radius 3 is 2.61 bits per heavy atom. The second-order valence-electron chi connectivity index (χ2n) is 5.10. The third-order valence-corrected chi connectivity index (χ3v) is 3.60. The Morgan fingerprint density at radius 2 is 1.87 bits per heavy atom. The van der Waals surface area contributed by atoms with E-state index in [9.17, 15) is 4.79 Å². The van der Waals surface area contributed by atoms with Gasteiger partial charge in [0, 0.05) is 5.56 Å². The number of rotatable bonds is 5.